The van der Waals surface area contributed by atoms with Gasteiger partial charge in [0.05, 0.1) is 18.0 Å². The molecule has 2 heterocycles. The van der Waals surface area contributed by atoms with E-state index in [0.29, 0.717) is 19.5 Å². The Morgan fingerprint density at radius 3 is 2.55 bits per heavy atom. The van der Waals surface area contributed by atoms with Crippen LogP contribution >= 0.6 is 0 Å². The van der Waals surface area contributed by atoms with Gasteiger partial charge in [0.25, 0.3) is 0 Å². The topological polar surface area (TPSA) is 67.2 Å². The van der Waals surface area contributed by atoms with Crippen LogP contribution in [0, 0.1) is 5.92 Å². The monoisotopic (exact) mass is 388 g/mol. The van der Waals surface area contributed by atoms with E-state index < -0.39 is 0 Å². The number of rotatable bonds is 5. The second-order valence-electron chi connectivity index (χ2n) is 7.33. The molecule has 4 rings (SSSR count). The minimum absolute atomic E-state index is 0.0164. The van der Waals surface area contributed by atoms with Gasteiger partial charge in [0.1, 0.15) is 0 Å². The minimum Gasteiger partial charge on any atom is -0.342 e. The Kier molecular flexibility index (Phi) is 5.70. The fraction of sp³-hybridized carbons (Fsp3) is 0.261. The summed E-state index contributed by atoms with van der Waals surface area (Å²) >= 11 is 0. The van der Waals surface area contributed by atoms with E-state index in [1.807, 2.05) is 71.8 Å². The first-order chi connectivity index (χ1) is 14.2. The number of para-hydroxylation sites is 1. The first kappa shape index (κ1) is 18.9. The van der Waals surface area contributed by atoms with Crippen LogP contribution in [0.15, 0.2) is 73.1 Å². The zero-order valence-electron chi connectivity index (χ0n) is 16.2. The molecule has 1 atom stereocenters. The third-order valence-electron chi connectivity index (χ3n) is 5.25. The molecule has 6 nitrogen and oxygen atoms in total. The Labute approximate surface area is 170 Å². The molecule has 29 heavy (non-hydrogen) atoms. The molecule has 1 fully saturated rings. The van der Waals surface area contributed by atoms with Crippen LogP contribution in [-0.4, -0.2) is 39.6 Å². The summed E-state index contributed by atoms with van der Waals surface area (Å²) in [5.41, 5.74) is 2.71. The predicted molar refractivity (Wildman–Crippen MR) is 112 cm³/mol. The molecule has 1 aromatic heterocycles. The predicted octanol–water partition coefficient (Wildman–Crippen LogP) is 3.29. The van der Waals surface area contributed by atoms with Gasteiger partial charge < -0.3 is 10.2 Å². The molecule has 148 valence electrons. The third-order valence-corrected chi connectivity index (χ3v) is 5.25. The van der Waals surface area contributed by atoms with Crippen molar-refractivity contribution in [3.05, 3.63) is 78.6 Å². The summed E-state index contributed by atoms with van der Waals surface area (Å²) in [5.74, 6) is -0.124. The van der Waals surface area contributed by atoms with Gasteiger partial charge >= 0.3 is 0 Å². The number of carbonyl (C=O) groups excluding carboxylic acids is 2. The van der Waals surface area contributed by atoms with Gasteiger partial charge in [-0.1, -0.05) is 30.3 Å². The standard InChI is InChI=1S/C23H24N4O2/c28-22(16-18-9-11-21(12-10-18)27-15-5-13-24-27)26-14-4-6-19(17-26)23(29)25-20-7-2-1-3-8-20/h1-3,5,7-13,15,19H,4,6,14,16-17H2,(H,25,29)/t19-/m0/s1. The summed E-state index contributed by atoms with van der Waals surface area (Å²) in [6, 6.07) is 19.2. The van der Waals surface area contributed by atoms with Crippen molar-refractivity contribution in [2.75, 3.05) is 18.4 Å². The number of hydrogen-bond donors (Lipinski definition) is 1. The summed E-state index contributed by atoms with van der Waals surface area (Å²) in [6.07, 6.45) is 5.61. The lowest BCUT2D eigenvalue weighted by Crippen LogP contribution is -2.44. The summed E-state index contributed by atoms with van der Waals surface area (Å²) in [4.78, 5) is 27.2. The highest BCUT2D eigenvalue weighted by molar-refractivity contribution is 5.93. The van der Waals surface area contributed by atoms with Gasteiger partial charge in [-0.25, -0.2) is 4.68 Å². The normalized spacial score (nSPS) is 16.4. The molecular weight excluding hydrogens is 364 g/mol. The largest absolute Gasteiger partial charge is 0.342 e. The van der Waals surface area contributed by atoms with Gasteiger partial charge in [-0.2, -0.15) is 5.10 Å². The van der Waals surface area contributed by atoms with E-state index in [0.717, 1.165) is 29.8 Å². The number of aromatic nitrogens is 2. The van der Waals surface area contributed by atoms with Crippen molar-refractivity contribution in [1.29, 1.82) is 0 Å². The van der Waals surface area contributed by atoms with Gasteiger partial charge in [0, 0.05) is 31.2 Å². The molecule has 1 aliphatic rings. The number of benzene rings is 2. The van der Waals surface area contributed by atoms with Gasteiger partial charge in [-0.3, -0.25) is 9.59 Å². The molecule has 1 N–H and O–H groups in total. The quantitative estimate of drug-likeness (QED) is 0.729. The van der Waals surface area contributed by atoms with Crippen molar-refractivity contribution in [3.8, 4) is 5.69 Å². The fourth-order valence-electron chi connectivity index (χ4n) is 3.66. The third kappa shape index (κ3) is 4.71. The molecule has 0 saturated carbocycles. The molecule has 2 amide bonds. The average molecular weight is 388 g/mol. The maximum absolute atomic E-state index is 12.8. The lowest BCUT2D eigenvalue weighted by molar-refractivity contribution is -0.133. The lowest BCUT2D eigenvalue weighted by Gasteiger charge is -2.32. The number of likely N-dealkylation sites (tertiary alicyclic amines) is 1. The Morgan fingerprint density at radius 1 is 1.03 bits per heavy atom. The first-order valence-corrected chi connectivity index (χ1v) is 9.92. The van der Waals surface area contributed by atoms with Crippen LogP contribution in [0.4, 0.5) is 5.69 Å². The summed E-state index contributed by atoms with van der Waals surface area (Å²) < 4.78 is 1.78. The van der Waals surface area contributed by atoms with Crippen LogP contribution in [0.1, 0.15) is 18.4 Å². The maximum Gasteiger partial charge on any atom is 0.229 e. The zero-order valence-corrected chi connectivity index (χ0v) is 16.2. The van der Waals surface area contributed by atoms with Gasteiger partial charge in [-0.15, -0.1) is 0 Å². The Hall–Kier alpha value is -3.41. The molecule has 1 aliphatic heterocycles. The molecule has 3 aromatic rings. The smallest absolute Gasteiger partial charge is 0.229 e. The van der Waals surface area contributed by atoms with Crippen molar-refractivity contribution in [3.63, 3.8) is 0 Å². The van der Waals surface area contributed by atoms with Crippen LogP contribution in [0.3, 0.4) is 0 Å². The van der Waals surface area contributed by atoms with Crippen LogP contribution in [0.2, 0.25) is 0 Å². The zero-order chi connectivity index (χ0) is 20.1. The van der Waals surface area contributed by atoms with Crippen LogP contribution in [0.25, 0.3) is 5.69 Å². The Balaban J connectivity index is 1.34. The highest BCUT2D eigenvalue weighted by Crippen LogP contribution is 2.20. The number of nitrogens with zero attached hydrogens (tertiary/aromatic N) is 3. The number of piperidine rings is 1. The molecule has 0 unspecified atom stereocenters. The average Bonchev–Trinajstić information content (AvgIpc) is 3.30. The molecule has 6 heteroatoms. The second kappa shape index (κ2) is 8.73. The van der Waals surface area contributed by atoms with E-state index in [4.69, 9.17) is 0 Å². The van der Waals surface area contributed by atoms with E-state index in [1.54, 1.807) is 10.9 Å². The van der Waals surface area contributed by atoms with Crippen molar-refractivity contribution >= 4 is 17.5 Å². The summed E-state index contributed by atoms with van der Waals surface area (Å²) in [6.45, 7) is 1.18. The van der Waals surface area contributed by atoms with Crippen LogP contribution in [0.5, 0.6) is 0 Å². The number of nitrogens with one attached hydrogen (secondary N) is 1. The van der Waals surface area contributed by atoms with Crippen LogP contribution in [-0.2, 0) is 16.0 Å². The van der Waals surface area contributed by atoms with Gasteiger partial charge in [0.2, 0.25) is 11.8 Å². The van der Waals surface area contributed by atoms with E-state index in [2.05, 4.69) is 10.4 Å². The minimum atomic E-state index is -0.171. The van der Waals surface area contributed by atoms with E-state index in [1.165, 1.54) is 0 Å². The number of amides is 2. The number of anilines is 1. The van der Waals surface area contributed by atoms with E-state index in [-0.39, 0.29) is 17.7 Å². The van der Waals surface area contributed by atoms with Gasteiger partial charge in [0.15, 0.2) is 0 Å². The van der Waals surface area contributed by atoms with Crippen molar-refractivity contribution in [1.82, 2.24) is 14.7 Å². The SMILES string of the molecule is O=C(Nc1ccccc1)[C@H]1CCCN(C(=O)Cc2ccc(-n3cccn3)cc2)C1. The molecule has 2 aromatic carbocycles. The first-order valence-electron chi connectivity index (χ1n) is 9.92. The molecule has 0 spiro atoms. The second-order valence-corrected chi connectivity index (χ2v) is 7.33. The van der Waals surface area contributed by atoms with Crippen LogP contribution < -0.4 is 5.32 Å². The van der Waals surface area contributed by atoms with Crippen molar-refractivity contribution < 1.29 is 9.59 Å². The molecule has 0 aliphatic carbocycles. The van der Waals surface area contributed by atoms with Crippen molar-refractivity contribution in [2.24, 2.45) is 5.92 Å². The summed E-state index contributed by atoms with van der Waals surface area (Å²) in [5, 5.41) is 7.16. The number of carbonyl (C=O) groups is 2. The molecule has 0 bridgehead atoms. The fourth-order valence-corrected chi connectivity index (χ4v) is 3.66. The molecule has 1 saturated heterocycles. The lowest BCUT2D eigenvalue weighted by atomic mass is 9.96. The van der Waals surface area contributed by atoms with Gasteiger partial charge in [-0.05, 0) is 48.7 Å². The molecular formula is C23H24N4O2. The highest BCUT2D eigenvalue weighted by Gasteiger charge is 2.28. The Morgan fingerprint density at radius 2 is 1.83 bits per heavy atom. The number of hydrogen-bond acceptors (Lipinski definition) is 3. The van der Waals surface area contributed by atoms with E-state index >= 15 is 0 Å². The van der Waals surface area contributed by atoms with Crippen molar-refractivity contribution in [2.45, 2.75) is 19.3 Å². The molecule has 0 radical (unpaired) electrons. The highest BCUT2D eigenvalue weighted by atomic mass is 16.2. The Bertz CT molecular complexity index is 952. The summed E-state index contributed by atoms with van der Waals surface area (Å²) in [7, 11) is 0. The van der Waals surface area contributed by atoms with E-state index in [9.17, 15) is 9.59 Å². The maximum atomic E-state index is 12.8.